The largest absolute Gasteiger partial charge is 0.388 e. The Morgan fingerprint density at radius 1 is 1.35 bits per heavy atom. The molecule has 3 atom stereocenters. The second-order valence-electron chi connectivity index (χ2n) is 7.70. The lowest BCUT2D eigenvalue weighted by Gasteiger charge is -2.28. The minimum absolute atomic E-state index is 0.0181. The first kappa shape index (κ1) is 16.7. The predicted octanol–water partition coefficient (Wildman–Crippen LogP) is 4.72. The quantitative estimate of drug-likeness (QED) is 0.760. The lowest BCUT2D eigenvalue weighted by atomic mass is 9.75. The first-order valence-electron chi connectivity index (χ1n) is 8.61. The van der Waals surface area contributed by atoms with E-state index in [9.17, 15) is 9.50 Å². The van der Waals surface area contributed by atoms with E-state index in [1.54, 1.807) is 6.07 Å². The van der Waals surface area contributed by atoms with Gasteiger partial charge in [0.1, 0.15) is 5.82 Å². The van der Waals surface area contributed by atoms with Crippen molar-refractivity contribution in [2.45, 2.75) is 70.2 Å². The molecule has 2 fully saturated rings. The van der Waals surface area contributed by atoms with Crippen LogP contribution in [0, 0.1) is 11.7 Å². The first-order valence-corrected chi connectivity index (χ1v) is 8.61. The Kier molecular flexibility index (Phi) is 4.14. The SMILES string of the molecule is C=C1CC2(C(C)C)CCC1(C)O2.OC1CCc2cccc(F)c21. The normalized spacial score (nSPS) is 34.5. The van der Waals surface area contributed by atoms with Crippen LogP contribution in [0.3, 0.4) is 0 Å². The zero-order valence-corrected chi connectivity index (χ0v) is 14.4. The van der Waals surface area contributed by atoms with Gasteiger partial charge < -0.3 is 9.84 Å². The summed E-state index contributed by atoms with van der Waals surface area (Å²) in [6.07, 6.45) is 4.36. The molecule has 126 valence electrons. The molecule has 2 heterocycles. The average Bonchev–Trinajstić information content (AvgIpc) is 3.11. The fourth-order valence-electron chi connectivity index (χ4n) is 4.14. The van der Waals surface area contributed by atoms with E-state index in [0.717, 1.165) is 18.4 Å². The second-order valence-corrected chi connectivity index (χ2v) is 7.70. The molecule has 23 heavy (non-hydrogen) atoms. The van der Waals surface area contributed by atoms with Gasteiger partial charge in [-0.3, -0.25) is 0 Å². The summed E-state index contributed by atoms with van der Waals surface area (Å²) in [6.45, 7) is 10.8. The Morgan fingerprint density at radius 2 is 2.09 bits per heavy atom. The van der Waals surface area contributed by atoms with Gasteiger partial charge in [0, 0.05) is 12.0 Å². The van der Waals surface area contributed by atoms with Crippen LogP contribution in [0.4, 0.5) is 4.39 Å². The van der Waals surface area contributed by atoms with Crippen molar-refractivity contribution in [1.82, 2.24) is 0 Å². The fraction of sp³-hybridized carbons (Fsp3) is 0.600. The molecule has 1 aliphatic carbocycles. The van der Waals surface area contributed by atoms with Crippen LogP contribution in [0.1, 0.15) is 63.7 Å². The molecule has 0 amide bonds. The summed E-state index contributed by atoms with van der Waals surface area (Å²) in [5.74, 6) is 0.353. The average molecular weight is 318 g/mol. The molecule has 0 spiro atoms. The monoisotopic (exact) mass is 318 g/mol. The van der Waals surface area contributed by atoms with Crippen molar-refractivity contribution in [3.8, 4) is 0 Å². The standard InChI is InChI=1S/C11H18O.C9H9FO/c1-8(2)11-6-5-10(4,12-11)9(3)7-11;10-7-3-1-2-6-4-5-8(11)9(6)7/h8H,3,5-7H2,1-2,4H3;1-3,8,11H,4-5H2. The molecular formula is C20H27FO2. The van der Waals surface area contributed by atoms with Gasteiger partial charge in [-0.05, 0) is 55.7 Å². The number of hydrogen-bond acceptors (Lipinski definition) is 2. The van der Waals surface area contributed by atoms with Crippen molar-refractivity contribution in [1.29, 1.82) is 0 Å². The molecule has 2 saturated heterocycles. The second kappa shape index (κ2) is 5.71. The van der Waals surface area contributed by atoms with Crippen LogP contribution in [0.5, 0.6) is 0 Å². The summed E-state index contributed by atoms with van der Waals surface area (Å²) in [7, 11) is 0. The van der Waals surface area contributed by atoms with Gasteiger partial charge in [-0.2, -0.15) is 0 Å². The van der Waals surface area contributed by atoms with Crippen LogP contribution in [0.25, 0.3) is 0 Å². The van der Waals surface area contributed by atoms with Crippen LogP contribution < -0.4 is 0 Å². The van der Waals surface area contributed by atoms with E-state index in [4.69, 9.17) is 4.74 Å². The van der Waals surface area contributed by atoms with Crippen LogP contribution in [0.2, 0.25) is 0 Å². The Morgan fingerprint density at radius 3 is 2.57 bits per heavy atom. The van der Waals surface area contributed by atoms with Gasteiger partial charge in [-0.1, -0.05) is 32.6 Å². The van der Waals surface area contributed by atoms with Gasteiger partial charge >= 0.3 is 0 Å². The van der Waals surface area contributed by atoms with Crippen LogP contribution >= 0.6 is 0 Å². The van der Waals surface area contributed by atoms with Gasteiger partial charge in [0.05, 0.1) is 17.3 Å². The topological polar surface area (TPSA) is 29.5 Å². The molecule has 3 unspecified atom stereocenters. The Bertz CT molecular complexity index is 624. The molecule has 1 N–H and O–H groups in total. The summed E-state index contributed by atoms with van der Waals surface area (Å²) in [5, 5.41) is 9.32. The number of aryl methyl sites for hydroxylation is 1. The fourth-order valence-corrected chi connectivity index (χ4v) is 4.14. The summed E-state index contributed by atoms with van der Waals surface area (Å²) in [5.41, 5.74) is 2.93. The number of fused-ring (bicyclic) bond motifs is 3. The van der Waals surface area contributed by atoms with Gasteiger partial charge in [-0.25, -0.2) is 4.39 Å². The summed E-state index contributed by atoms with van der Waals surface area (Å²) >= 11 is 0. The van der Waals surface area contributed by atoms with Crippen molar-refractivity contribution in [3.63, 3.8) is 0 Å². The lowest BCUT2D eigenvalue weighted by Crippen LogP contribution is -2.31. The van der Waals surface area contributed by atoms with Crippen molar-refractivity contribution >= 4 is 0 Å². The number of halogens is 1. The third kappa shape index (κ3) is 2.74. The maximum absolute atomic E-state index is 13.0. The van der Waals surface area contributed by atoms with Gasteiger partial charge in [0.2, 0.25) is 0 Å². The Hall–Kier alpha value is -1.19. The molecule has 3 heteroatoms. The molecule has 2 nitrogen and oxygen atoms in total. The number of hydrogen-bond donors (Lipinski definition) is 1. The van der Waals surface area contributed by atoms with Crippen LogP contribution in [-0.4, -0.2) is 16.3 Å². The van der Waals surface area contributed by atoms with Crippen LogP contribution in [-0.2, 0) is 11.2 Å². The number of ether oxygens (including phenoxy) is 1. The maximum atomic E-state index is 13.0. The number of benzene rings is 1. The summed E-state index contributed by atoms with van der Waals surface area (Å²) < 4.78 is 19.1. The van der Waals surface area contributed by atoms with Crippen molar-refractivity contribution < 1.29 is 14.2 Å². The predicted molar refractivity (Wildman–Crippen MR) is 89.7 cm³/mol. The smallest absolute Gasteiger partial charge is 0.129 e. The molecule has 0 aromatic heterocycles. The molecule has 4 rings (SSSR count). The third-order valence-corrected chi connectivity index (χ3v) is 5.93. The number of aliphatic hydroxyl groups excluding tert-OH is 1. The molecule has 0 saturated carbocycles. The van der Waals surface area contributed by atoms with E-state index in [2.05, 4.69) is 27.4 Å². The third-order valence-electron chi connectivity index (χ3n) is 5.93. The highest BCUT2D eigenvalue weighted by Crippen LogP contribution is 2.56. The van der Waals surface area contributed by atoms with Gasteiger partial charge in [-0.15, -0.1) is 0 Å². The lowest BCUT2D eigenvalue weighted by molar-refractivity contribution is -0.0587. The molecule has 1 aromatic carbocycles. The van der Waals surface area contributed by atoms with E-state index < -0.39 is 6.10 Å². The highest BCUT2D eigenvalue weighted by atomic mass is 19.1. The van der Waals surface area contributed by atoms with E-state index in [0.29, 0.717) is 17.9 Å². The molecule has 3 aliphatic rings. The maximum Gasteiger partial charge on any atom is 0.129 e. The van der Waals surface area contributed by atoms with Crippen molar-refractivity contribution in [2.24, 2.45) is 5.92 Å². The molecule has 2 bridgehead atoms. The highest BCUT2D eigenvalue weighted by Gasteiger charge is 2.56. The zero-order valence-electron chi connectivity index (χ0n) is 14.4. The molecule has 1 aromatic rings. The van der Waals surface area contributed by atoms with E-state index >= 15 is 0 Å². The van der Waals surface area contributed by atoms with E-state index in [-0.39, 0.29) is 17.0 Å². The highest BCUT2D eigenvalue weighted by molar-refractivity contribution is 5.34. The van der Waals surface area contributed by atoms with Gasteiger partial charge in [0.15, 0.2) is 0 Å². The van der Waals surface area contributed by atoms with E-state index in [1.165, 1.54) is 24.5 Å². The van der Waals surface area contributed by atoms with Crippen molar-refractivity contribution in [2.75, 3.05) is 0 Å². The first-order chi connectivity index (χ1) is 10.8. The Labute approximate surface area is 138 Å². The zero-order chi connectivity index (χ0) is 16.8. The molecule has 0 radical (unpaired) electrons. The minimum atomic E-state index is -0.578. The Balaban J connectivity index is 0.000000136. The minimum Gasteiger partial charge on any atom is -0.388 e. The van der Waals surface area contributed by atoms with Crippen molar-refractivity contribution in [3.05, 3.63) is 47.3 Å². The summed E-state index contributed by atoms with van der Waals surface area (Å²) in [6, 6.07) is 4.95. The molecule has 2 aliphatic heterocycles. The van der Waals surface area contributed by atoms with Crippen LogP contribution in [0.15, 0.2) is 30.4 Å². The number of aliphatic hydroxyl groups is 1. The van der Waals surface area contributed by atoms with E-state index in [1.807, 2.05) is 6.07 Å². The number of rotatable bonds is 1. The van der Waals surface area contributed by atoms with Gasteiger partial charge in [0.25, 0.3) is 0 Å². The molecular weight excluding hydrogens is 291 g/mol. The summed E-state index contributed by atoms with van der Waals surface area (Å²) in [4.78, 5) is 0.